The van der Waals surface area contributed by atoms with Crippen molar-refractivity contribution in [2.75, 3.05) is 23.1 Å². The second-order valence-electron chi connectivity index (χ2n) is 7.13. The first-order chi connectivity index (χ1) is 15.2. The number of ether oxygens (including phenoxy) is 1. The van der Waals surface area contributed by atoms with E-state index in [2.05, 4.69) is 44.1 Å². The lowest BCUT2D eigenvalue weighted by Crippen LogP contribution is -2.14. The van der Waals surface area contributed by atoms with Gasteiger partial charge in [-0.15, -0.1) is 0 Å². The van der Waals surface area contributed by atoms with Crippen molar-refractivity contribution >= 4 is 23.4 Å². The minimum Gasteiger partial charge on any atom is -0.497 e. The van der Waals surface area contributed by atoms with Crippen LogP contribution in [0, 0.1) is 0 Å². The summed E-state index contributed by atoms with van der Waals surface area (Å²) in [6.45, 7) is 3.73. The lowest BCUT2D eigenvalue weighted by atomic mass is 10.1. The van der Waals surface area contributed by atoms with Crippen LogP contribution in [0.2, 0.25) is 0 Å². The fourth-order valence-electron chi connectivity index (χ4n) is 2.91. The number of hydrogen-bond acceptors (Lipinski definition) is 6. The first-order valence-electron chi connectivity index (χ1n) is 10.5. The maximum atomic E-state index is 11.7. The van der Waals surface area contributed by atoms with Crippen molar-refractivity contribution in [2.45, 2.75) is 39.3 Å². The normalized spacial score (nSPS) is 11.0. The summed E-state index contributed by atoms with van der Waals surface area (Å²) in [5.74, 6) is 1.76. The molecule has 2 aromatic carbocycles. The van der Waals surface area contributed by atoms with E-state index in [1.165, 1.54) is 11.3 Å². The fourth-order valence-corrected chi connectivity index (χ4v) is 2.91. The summed E-state index contributed by atoms with van der Waals surface area (Å²) in [5, 5.41) is 9.11. The Hall–Kier alpha value is -3.61. The molecule has 1 aromatic heterocycles. The van der Waals surface area contributed by atoms with Gasteiger partial charge in [0.15, 0.2) is 0 Å². The topological polar surface area (TPSA) is 88.2 Å². The number of aromatic nitrogens is 2. The van der Waals surface area contributed by atoms with Crippen molar-refractivity contribution in [3.8, 4) is 5.75 Å². The van der Waals surface area contributed by atoms with Crippen LogP contribution in [0.5, 0.6) is 5.75 Å². The van der Waals surface area contributed by atoms with Crippen LogP contribution in [-0.2, 0) is 17.9 Å². The number of carbonyl (C=O) groups excluding carboxylic acids is 1. The number of hydrogen-bond donors (Lipinski definition) is 3. The molecular formula is C24H29N5O2. The molecule has 31 heavy (non-hydrogen) atoms. The van der Waals surface area contributed by atoms with Gasteiger partial charge in [0, 0.05) is 31.4 Å². The van der Waals surface area contributed by atoms with Gasteiger partial charge in [0.2, 0.25) is 11.9 Å². The SMILES string of the molecule is CCCCC(=O)Nc1nccc(NCc2ccc(OC)cc2)n1.c1ccc2c(c1)CN2. The second kappa shape index (κ2) is 11.5. The number of anilines is 3. The predicted molar refractivity (Wildman–Crippen MR) is 124 cm³/mol. The summed E-state index contributed by atoms with van der Waals surface area (Å²) >= 11 is 0. The van der Waals surface area contributed by atoms with E-state index in [0.29, 0.717) is 24.7 Å². The molecule has 0 saturated carbocycles. The number of fused-ring (bicyclic) bond motifs is 1. The molecule has 7 nitrogen and oxygen atoms in total. The third kappa shape index (κ3) is 6.99. The molecule has 0 atom stereocenters. The molecule has 1 aliphatic heterocycles. The van der Waals surface area contributed by atoms with E-state index in [9.17, 15) is 4.79 Å². The number of methoxy groups -OCH3 is 1. The predicted octanol–water partition coefficient (Wildman–Crippen LogP) is 4.84. The zero-order chi connectivity index (χ0) is 21.9. The summed E-state index contributed by atoms with van der Waals surface area (Å²) in [7, 11) is 1.64. The van der Waals surface area contributed by atoms with E-state index in [0.717, 1.165) is 30.7 Å². The molecule has 3 N–H and O–H groups in total. The summed E-state index contributed by atoms with van der Waals surface area (Å²) in [6, 6.07) is 17.9. The third-order valence-corrected chi connectivity index (χ3v) is 4.78. The molecule has 0 radical (unpaired) electrons. The van der Waals surface area contributed by atoms with Crippen molar-refractivity contribution in [2.24, 2.45) is 0 Å². The Kier molecular flexibility index (Phi) is 8.22. The van der Waals surface area contributed by atoms with E-state index in [1.54, 1.807) is 19.4 Å². The van der Waals surface area contributed by atoms with Gasteiger partial charge in [-0.2, -0.15) is 4.98 Å². The Morgan fingerprint density at radius 1 is 1.13 bits per heavy atom. The van der Waals surface area contributed by atoms with Crippen LogP contribution in [-0.4, -0.2) is 23.0 Å². The number of amides is 1. The van der Waals surface area contributed by atoms with Gasteiger partial charge in [-0.1, -0.05) is 43.7 Å². The molecule has 0 aliphatic carbocycles. The third-order valence-electron chi connectivity index (χ3n) is 4.78. The van der Waals surface area contributed by atoms with Crippen LogP contribution >= 0.6 is 0 Å². The number of benzene rings is 2. The first-order valence-corrected chi connectivity index (χ1v) is 10.5. The van der Waals surface area contributed by atoms with Crippen molar-refractivity contribution in [1.29, 1.82) is 0 Å². The van der Waals surface area contributed by atoms with Gasteiger partial charge in [-0.3, -0.25) is 10.1 Å². The van der Waals surface area contributed by atoms with Crippen molar-refractivity contribution in [3.63, 3.8) is 0 Å². The molecular weight excluding hydrogens is 390 g/mol. The molecule has 1 aliphatic rings. The zero-order valence-corrected chi connectivity index (χ0v) is 18.0. The molecule has 1 amide bonds. The smallest absolute Gasteiger partial charge is 0.231 e. The maximum absolute atomic E-state index is 11.7. The Morgan fingerprint density at radius 3 is 2.55 bits per heavy atom. The van der Waals surface area contributed by atoms with E-state index in [1.807, 2.05) is 37.3 Å². The van der Waals surface area contributed by atoms with Crippen molar-refractivity contribution in [1.82, 2.24) is 9.97 Å². The highest BCUT2D eigenvalue weighted by atomic mass is 16.5. The largest absolute Gasteiger partial charge is 0.497 e. The Morgan fingerprint density at radius 2 is 1.94 bits per heavy atom. The molecule has 0 spiro atoms. The molecule has 3 aromatic rings. The summed E-state index contributed by atoms with van der Waals surface area (Å²) in [4.78, 5) is 20.1. The van der Waals surface area contributed by atoms with Crippen LogP contribution in [0.15, 0.2) is 60.8 Å². The molecule has 0 bridgehead atoms. The second-order valence-corrected chi connectivity index (χ2v) is 7.13. The van der Waals surface area contributed by atoms with Crippen LogP contribution in [0.1, 0.15) is 37.3 Å². The van der Waals surface area contributed by atoms with Gasteiger partial charge in [0.25, 0.3) is 0 Å². The molecule has 7 heteroatoms. The lowest BCUT2D eigenvalue weighted by molar-refractivity contribution is -0.116. The van der Waals surface area contributed by atoms with Crippen LogP contribution < -0.4 is 20.7 Å². The average molecular weight is 420 g/mol. The highest BCUT2D eigenvalue weighted by molar-refractivity contribution is 5.88. The first kappa shape index (κ1) is 22.1. The molecule has 4 rings (SSSR count). The van der Waals surface area contributed by atoms with E-state index < -0.39 is 0 Å². The minimum absolute atomic E-state index is 0.0563. The van der Waals surface area contributed by atoms with Crippen molar-refractivity contribution in [3.05, 3.63) is 71.9 Å². The number of rotatable bonds is 8. The molecule has 0 unspecified atom stereocenters. The monoisotopic (exact) mass is 419 g/mol. The molecule has 0 fully saturated rings. The maximum Gasteiger partial charge on any atom is 0.231 e. The van der Waals surface area contributed by atoms with E-state index >= 15 is 0 Å². The number of unbranched alkanes of at least 4 members (excludes halogenated alkanes) is 1. The average Bonchev–Trinajstić information content (AvgIpc) is 2.78. The summed E-state index contributed by atoms with van der Waals surface area (Å²) in [6.07, 6.45) is 3.96. The van der Waals surface area contributed by atoms with Crippen molar-refractivity contribution < 1.29 is 9.53 Å². The Balaban J connectivity index is 0.000000280. The molecule has 162 valence electrons. The number of nitrogens with one attached hydrogen (secondary N) is 3. The number of para-hydroxylation sites is 1. The number of nitrogens with zero attached hydrogens (tertiary/aromatic N) is 2. The van der Waals surface area contributed by atoms with Crippen LogP contribution in [0.25, 0.3) is 0 Å². The molecule has 2 heterocycles. The highest BCUT2D eigenvalue weighted by Crippen LogP contribution is 2.23. The van der Waals surface area contributed by atoms with Crippen LogP contribution in [0.4, 0.5) is 17.5 Å². The lowest BCUT2D eigenvalue weighted by Gasteiger charge is -2.19. The minimum atomic E-state index is -0.0563. The van der Waals surface area contributed by atoms with Crippen LogP contribution in [0.3, 0.4) is 0 Å². The highest BCUT2D eigenvalue weighted by Gasteiger charge is 2.07. The van der Waals surface area contributed by atoms with Gasteiger partial charge >= 0.3 is 0 Å². The van der Waals surface area contributed by atoms with Gasteiger partial charge < -0.3 is 15.4 Å². The van der Waals surface area contributed by atoms with E-state index in [4.69, 9.17) is 4.74 Å². The zero-order valence-electron chi connectivity index (χ0n) is 18.0. The van der Waals surface area contributed by atoms with Gasteiger partial charge in [0.05, 0.1) is 7.11 Å². The Bertz CT molecular complexity index is 953. The Labute approximate surface area is 183 Å². The molecule has 0 saturated heterocycles. The van der Waals surface area contributed by atoms with Gasteiger partial charge in [-0.05, 0) is 41.8 Å². The fraction of sp³-hybridized carbons (Fsp3) is 0.292. The quantitative estimate of drug-likeness (QED) is 0.484. The summed E-state index contributed by atoms with van der Waals surface area (Å²) in [5.41, 5.74) is 3.85. The van der Waals surface area contributed by atoms with E-state index in [-0.39, 0.29) is 5.91 Å². The van der Waals surface area contributed by atoms with Gasteiger partial charge in [0.1, 0.15) is 11.6 Å². The summed E-state index contributed by atoms with van der Waals surface area (Å²) < 4.78 is 5.13. The standard InChI is InChI=1S/C17H22N4O2.C7H7N/c1-3-4-5-16(22)21-17-18-11-10-15(20-17)19-12-13-6-8-14(23-2)9-7-13;1-2-4-7-6(3-1)5-8-7/h6-11H,3-5,12H2,1-2H3,(H2,18,19,20,21,22);1-4,8H,5H2. The number of carbonyl (C=O) groups is 1. The van der Waals surface area contributed by atoms with Gasteiger partial charge in [-0.25, -0.2) is 4.98 Å².